The third-order valence-electron chi connectivity index (χ3n) is 3.77. The van der Waals surface area contributed by atoms with Crippen molar-refractivity contribution in [2.75, 3.05) is 30.9 Å². The van der Waals surface area contributed by atoms with Gasteiger partial charge in [-0.3, -0.25) is 0 Å². The van der Waals surface area contributed by atoms with Crippen molar-refractivity contribution >= 4 is 23.3 Å². The lowest BCUT2D eigenvalue weighted by Gasteiger charge is -2.26. The monoisotopic (exact) mass is 309 g/mol. The van der Waals surface area contributed by atoms with Crippen LogP contribution >= 0.6 is 11.8 Å². The molecule has 0 radical (unpaired) electrons. The summed E-state index contributed by atoms with van der Waals surface area (Å²) in [5.74, 6) is 1.96. The van der Waals surface area contributed by atoms with E-state index in [0.29, 0.717) is 0 Å². The summed E-state index contributed by atoms with van der Waals surface area (Å²) >= 11 is 1.99. The summed E-state index contributed by atoms with van der Waals surface area (Å²) in [6.45, 7) is 6.43. The summed E-state index contributed by atoms with van der Waals surface area (Å²) in [6.07, 6.45) is 1.09. The minimum Gasteiger partial charge on any atom is -0.497 e. The zero-order valence-electron chi connectivity index (χ0n) is 12.8. The van der Waals surface area contributed by atoms with Crippen LogP contribution in [0.25, 0.3) is 0 Å². The molecule has 1 heterocycles. The first-order chi connectivity index (χ1) is 9.96. The lowest BCUT2D eigenvalue weighted by molar-refractivity contribution is 0.318. The molecule has 3 N–H and O–H groups in total. The van der Waals surface area contributed by atoms with Crippen molar-refractivity contribution in [2.24, 2.45) is 10.9 Å². The number of nitrogens with two attached hydrogens (primary N) is 1. The highest BCUT2D eigenvalue weighted by Gasteiger charge is 2.25. The van der Waals surface area contributed by atoms with E-state index in [0.717, 1.165) is 42.3 Å². The van der Waals surface area contributed by atoms with E-state index in [-0.39, 0.29) is 10.6 Å². The zero-order valence-corrected chi connectivity index (χ0v) is 13.6. The molecule has 0 bridgehead atoms. The third-order valence-corrected chi connectivity index (χ3v) is 5.14. The van der Waals surface area contributed by atoms with Crippen LogP contribution in [0.4, 0.5) is 5.69 Å². The van der Waals surface area contributed by atoms with Crippen molar-refractivity contribution in [1.29, 1.82) is 0 Å². The number of ether oxygens (including phenoxy) is 1. The fraction of sp³-hybridized carbons (Fsp3) is 0.533. The number of rotatable bonds is 3. The SMILES string of the molecule is COc1ccc(/C(N)=N/O)c(N2CCSC(C)(C)CC2)c1. The first-order valence-electron chi connectivity index (χ1n) is 7.02. The number of amidine groups is 1. The number of thioether (sulfide) groups is 1. The van der Waals surface area contributed by atoms with Gasteiger partial charge < -0.3 is 20.6 Å². The summed E-state index contributed by atoms with van der Waals surface area (Å²) in [5.41, 5.74) is 7.51. The standard InChI is InChI=1S/C15H23N3O2S/c1-15(2)6-7-18(8-9-21-15)13-10-11(20-3)4-5-12(13)14(16)17-19/h4-5,10,19H,6-9H2,1-3H3,(H2,16,17). The van der Waals surface area contributed by atoms with Crippen LogP contribution in [0, 0.1) is 0 Å². The second kappa shape index (κ2) is 6.47. The Bertz CT molecular complexity index is 532. The van der Waals surface area contributed by atoms with Gasteiger partial charge in [-0.1, -0.05) is 19.0 Å². The van der Waals surface area contributed by atoms with Crippen LogP contribution in [0.15, 0.2) is 23.4 Å². The van der Waals surface area contributed by atoms with Gasteiger partial charge in [0.2, 0.25) is 0 Å². The van der Waals surface area contributed by atoms with Crippen molar-refractivity contribution in [3.05, 3.63) is 23.8 Å². The summed E-state index contributed by atoms with van der Waals surface area (Å²) in [7, 11) is 1.64. The maximum Gasteiger partial charge on any atom is 0.172 e. The first kappa shape index (κ1) is 15.8. The highest BCUT2D eigenvalue weighted by molar-refractivity contribution is 8.00. The van der Waals surface area contributed by atoms with Crippen LogP contribution in [0.1, 0.15) is 25.8 Å². The molecule has 0 aliphatic carbocycles. The number of methoxy groups -OCH3 is 1. The molecule has 1 fully saturated rings. The maximum atomic E-state index is 8.99. The fourth-order valence-electron chi connectivity index (χ4n) is 2.43. The number of nitrogens with zero attached hydrogens (tertiary/aromatic N) is 2. The van der Waals surface area contributed by atoms with Crippen molar-refractivity contribution in [2.45, 2.75) is 25.0 Å². The van der Waals surface area contributed by atoms with Crippen LogP contribution in [0.5, 0.6) is 5.75 Å². The fourth-order valence-corrected chi connectivity index (χ4v) is 3.53. The van der Waals surface area contributed by atoms with Gasteiger partial charge >= 0.3 is 0 Å². The molecule has 116 valence electrons. The van der Waals surface area contributed by atoms with Gasteiger partial charge in [-0.2, -0.15) is 11.8 Å². The average Bonchev–Trinajstić information content (AvgIpc) is 2.66. The van der Waals surface area contributed by atoms with Gasteiger partial charge in [0.05, 0.1) is 12.8 Å². The number of hydrogen-bond donors (Lipinski definition) is 2. The molecule has 0 unspecified atom stereocenters. The van der Waals surface area contributed by atoms with Gasteiger partial charge in [-0.15, -0.1) is 0 Å². The molecule has 0 saturated carbocycles. The Hall–Kier alpha value is -1.56. The van der Waals surface area contributed by atoms with Crippen LogP contribution in [-0.2, 0) is 0 Å². The van der Waals surface area contributed by atoms with Crippen LogP contribution in [0.2, 0.25) is 0 Å². The van der Waals surface area contributed by atoms with Crippen molar-refractivity contribution < 1.29 is 9.94 Å². The predicted molar refractivity (Wildman–Crippen MR) is 88.9 cm³/mol. The maximum absolute atomic E-state index is 8.99. The summed E-state index contributed by atoms with van der Waals surface area (Å²) < 4.78 is 5.59. The van der Waals surface area contributed by atoms with E-state index in [4.69, 9.17) is 15.7 Å². The lowest BCUT2D eigenvalue weighted by Crippen LogP contribution is -2.29. The molecule has 0 atom stereocenters. The molecule has 5 nitrogen and oxygen atoms in total. The largest absolute Gasteiger partial charge is 0.497 e. The average molecular weight is 309 g/mol. The number of hydrogen-bond acceptors (Lipinski definition) is 5. The van der Waals surface area contributed by atoms with Crippen molar-refractivity contribution in [3.8, 4) is 5.75 Å². The number of benzene rings is 1. The van der Waals surface area contributed by atoms with E-state index >= 15 is 0 Å². The Kier molecular flexibility index (Phi) is 4.88. The molecule has 1 aromatic carbocycles. The van der Waals surface area contributed by atoms with E-state index in [1.165, 1.54) is 0 Å². The molecular formula is C15H23N3O2S. The third kappa shape index (κ3) is 3.75. The molecule has 21 heavy (non-hydrogen) atoms. The van der Waals surface area contributed by atoms with Crippen LogP contribution in [0.3, 0.4) is 0 Å². The van der Waals surface area contributed by atoms with Crippen LogP contribution in [-0.4, -0.2) is 41.7 Å². The lowest BCUT2D eigenvalue weighted by atomic mass is 10.1. The van der Waals surface area contributed by atoms with Crippen LogP contribution < -0.4 is 15.4 Å². The van der Waals surface area contributed by atoms with Gasteiger partial charge in [-0.05, 0) is 18.6 Å². The normalized spacial score (nSPS) is 19.2. The second-order valence-electron chi connectivity index (χ2n) is 5.71. The van der Waals surface area contributed by atoms with Gasteiger partial charge in [0.25, 0.3) is 0 Å². The highest BCUT2D eigenvalue weighted by atomic mass is 32.2. The van der Waals surface area contributed by atoms with Gasteiger partial charge in [0.15, 0.2) is 5.84 Å². The molecule has 0 aromatic heterocycles. The van der Waals surface area contributed by atoms with E-state index in [9.17, 15) is 0 Å². The van der Waals surface area contributed by atoms with Gasteiger partial charge in [0, 0.05) is 35.2 Å². The van der Waals surface area contributed by atoms with Gasteiger partial charge in [0.1, 0.15) is 5.75 Å². The second-order valence-corrected chi connectivity index (χ2v) is 7.52. The molecule has 1 aromatic rings. The van der Waals surface area contributed by atoms with E-state index < -0.39 is 0 Å². The molecule has 2 rings (SSSR count). The summed E-state index contributed by atoms with van der Waals surface area (Å²) in [4.78, 5) is 2.29. The zero-order chi connectivity index (χ0) is 15.5. The topological polar surface area (TPSA) is 71.1 Å². The van der Waals surface area contributed by atoms with Gasteiger partial charge in [-0.25, -0.2) is 0 Å². The minimum atomic E-state index is 0.129. The van der Waals surface area contributed by atoms with Crippen molar-refractivity contribution in [1.82, 2.24) is 0 Å². The molecule has 1 aliphatic rings. The molecule has 1 aliphatic heterocycles. The predicted octanol–water partition coefficient (Wildman–Crippen LogP) is 2.51. The van der Waals surface area contributed by atoms with Crippen molar-refractivity contribution in [3.63, 3.8) is 0 Å². The first-order valence-corrected chi connectivity index (χ1v) is 8.00. The summed E-state index contributed by atoms with van der Waals surface area (Å²) in [5, 5.41) is 12.1. The van der Waals surface area contributed by atoms with E-state index in [2.05, 4.69) is 23.9 Å². The Labute approximate surface area is 130 Å². The number of oxime groups is 1. The number of anilines is 1. The Balaban J connectivity index is 2.36. The molecule has 0 spiro atoms. The molecule has 0 amide bonds. The minimum absolute atomic E-state index is 0.129. The summed E-state index contributed by atoms with van der Waals surface area (Å²) in [6, 6.07) is 5.62. The molecular weight excluding hydrogens is 286 g/mol. The smallest absolute Gasteiger partial charge is 0.172 e. The Morgan fingerprint density at radius 3 is 2.86 bits per heavy atom. The highest BCUT2D eigenvalue weighted by Crippen LogP contribution is 2.34. The van der Waals surface area contributed by atoms with E-state index in [1.807, 2.05) is 30.0 Å². The quantitative estimate of drug-likeness (QED) is 0.388. The van der Waals surface area contributed by atoms with E-state index in [1.54, 1.807) is 7.11 Å². The molecule has 1 saturated heterocycles. The molecule has 6 heteroatoms. The Morgan fingerprint density at radius 2 is 2.19 bits per heavy atom. The Morgan fingerprint density at radius 1 is 1.43 bits per heavy atom.